The molecule has 4 aromatic rings. The monoisotopic (exact) mass is 527 g/mol. The third-order valence-corrected chi connectivity index (χ3v) is 5.57. The van der Waals surface area contributed by atoms with Gasteiger partial charge >= 0.3 is 6.18 Å². The zero-order chi connectivity index (χ0) is 26.4. The van der Waals surface area contributed by atoms with Crippen LogP contribution in [-0.2, 0) is 17.5 Å². The Morgan fingerprint density at radius 3 is 2.24 bits per heavy atom. The van der Waals surface area contributed by atoms with Gasteiger partial charge in [0.1, 0.15) is 0 Å². The molecule has 37 heavy (non-hydrogen) atoms. The SMILES string of the molecule is O=C(CCCl)Nc1ccc(-c2oc(-c3ccccc3)nc2C(=O)NCc2ccccc2C(F)(F)F)cc1. The average molecular weight is 528 g/mol. The van der Waals surface area contributed by atoms with Gasteiger partial charge in [0, 0.05) is 35.7 Å². The van der Waals surface area contributed by atoms with E-state index in [9.17, 15) is 22.8 Å². The van der Waals surface area contributed by atoms with Crippen molar-refractivity contribution in [2.45, 2.75) is 19.1 Å². The number of nitrogens with one attached hydrogen (secondary N) is 2. The second-order valence-corrected chi connectivity index (χ2v) is 8.34. The number of amides is 2. The van der Waals surface area contributed by atoms with E-state index in [4.69, 9.17) is 16.0 Å². The molecule has 0 radical (unpaired) electrons. The van der Waals surface area contributed by atoms with Gasteiger partial charge in [-0.15, -0.1) is 11.6 Å². The van der Waals surface area contributed by atoms with Crippen molar-refractivity contribution < 1.29 is 27.2 Å². The van der Waals surface area contributed by atoms with Crippen LogP contribution in [0.15, 0.2) is 83.3 Å². The number of hydrogen-bond acceptors (Lipinski definition) is 4. The number of rotatable bonds is 8. The van der Waals surface area contributed by atoms with E-state index in [1.165, 1.54) is 18.2 Å². The van der Waals surface area contributed by atoms with E-state index in [0.717, 1.165) is 6.07 Å². The minimum absolute atomic E-state index is 0.0753. The van der Waals surface area contributed by atoms with E-state index in [1.54, 1.807) is 48.5 Å². The summed E-state index contributed by atoms with van der Waals surface area (Å²) >= 11 is 5.59. The first-order valence-electron chi connectivity index (χ1n) is 11.2. The fourth-order valence-corrected chi connectivity index (χ4v) is 3.77. The lowest BCUT2D eigenvalue weighted by atomic mass is 10.1. The summed E-state index contributed by atoms with van der Waals surface area (Å²) in [7, 11) is 0. The van der Waals surface area contributed by atoms with Gasteiger partial charge in [0.25, 0.3) is 5.91 Å². The van der Waals surface area contributed by atoms with Gasteiger partial charge in [-0.3, -0.25) is 9.59 Å². The summed E-state index contributed by atoms with van der Waals surface area (Å²) in [5.74, 6) is -0.434. The Balaban J connectivity index is 1.63. The molecule has 0 saturated heterocycles. The van der Waals surface area contributed by atoms with Crippen LogP contribution in [0.3, 0.4) is 0 Å². The maximum absolute atomic E-state index is 13.4. The summed E-state index contributed by atoms with van der Waals surface area (Å²) in [4.78, 5) is 29.3. The van der Waals surface area contributed by atoms with Crippen LogP contribution in [0.2, 0.25) is 0 Å². The van der Waals surface area contributed by atoms with E-state index in [-0.39, 0.29) is 47.7 Å². The van der Waals surface area contributed by atoms with Crippen LogP contribution in [0.4, 0.5) is 18.9 Å². The van der Waals surface area contributed by atoms with Crippen LogP contribution in [0.25, 0.3) is 22.8 Å². The van der Waals surface area contributed by atoms with E-state index >= 15 is 0 Å². The predicted molar refractivity (Wildman–Crippen MR) is 134 cm³/mol. The predicted octanol–water partition coefficient (Wildman–Crippen LogP) is 6.52. The van der Waals surface area contributed by atoms with E-state index in [1.807, 2.05) is 6.07 Å². The van der Waals surface area contributed by atoms with E-state index < -0.39 is 17.6 Å². The Kier molecular flexibility index (Phi) is 7.93. The second-order valence-electron chi connectivity index (χ2n) is 7.96. The third kappa shape index (κ3) is 6.37. The van der Waals surface area contributed by atoms with Gasteiger partial charge in [-0.1, -0.05) is 36.4 Å². The Hall–Kier alpha value is -4.11. The summed E-state index contributed by atoms with van der Waals surface area (Å²) in [5.41, 5.74) is 0.654. The second kappa shape index (κ2) is 11.3. The highest BCUT2D eigenvalue weighted by atomic mass is 35.5. The number of carbonyl (C=O) groups is 2. The van der Waals surface area contributed by atoms with Crippen LogP contribution < -0.4 is 10.6 Å². The normalized spacial score (nSPS) is 11.2. The first-order valence-corrected chi connectivity index (χ1v) is 11.8. The molecule has 1 aromatic heterocycles. The van der Waals surface area contributed by atoms with Crippen molar-refractivity contribution in [1.29, 1.82) is 0 Å². The van der Waals surface area contributed by atoms with Crippen molar-refractivity contribution in [1.82, 2.24) is 10.3 Å². The molecule has 4 rings (SSSR count). The number of hydrogen-bond donors (Lipinski definition) is 2. The molecule has 0 bridgehead atoms. The third-order valence-electron chi connectivity index (χ3n) is 5.38. The van der Waals surface area contributed by atoms with Gasteiger partial charge in [0.2, 0.25) is 11.8 Å². The maximum atomic E-state index is 13.4. The molecule has 0 aliphatic rings. The maximum Gasteiger partial charge on any atom is 0.416 e. The van der Waals surface area contributed by atoms with Crippen LogP contribution in [0, 0.1) is 0 Å². The molecule has 2 N–H and O–H groups in total. The summed E-state index contributed by atoms with van der Waals surface area (Å²) in [6.45, 7) is -0.354. The van der Waals surface area contributed by atoms with Crippen LogP contribution in [0.1, 0.15) is 28.0 Å². The molecule has 0 fully saturated rings. The molecule has 190 valence electrons. The summed E-state index contributed by atoms with van der Waals surface area (Å²) in [6, 6.07) is 20.5. The Bertz CT molecular complexity index is 1390. The Labute approximate surface area is 215 Å². The van der Waals surface area contributed by atoms with Gasteiger partial charge in [-0.05, 0) is 48.0 Å². The molecule has 3 aromatic carbocycles. The fraction of sp³-hybridized carbons (Fsp3) is 0.148. The number of carbonyl (C=O) groups excluding carboxylic acids is 2. The lowest BCUT2D eigenvalue weighted by Crippen LogP contribution is -2.25. The molecule has 0 unspecified atom stereocenters. The van der Waals surface area contributed by atoms with Crippen molar-refractivity contribution in [3.8, 4) is 22.8 Å². The smallest absolute Gasteiger partial charge is 0.416 e. The number of oxazole rings is 1. The van der Waals surface area contributed by atoms with Gasteiger partial charge in [0.15, 0.2) is 11.5 Å². The average Bonchev–Trinajstić information content (AvgIpc) is 3.34. The zero-order valence-electron chi connectivity index (χ0n) is 19.3. The molecule has 0 atom stereocenters. The van der Waals surface area contributed by atoms with E-state index in [0.29, 0.717) is 16.8 Å². The zero-order valence-corrected chi connectivity index (χ0v) is 20.1. The van der Waals surface area contributed by atoms with E-state index in [2.05, 4.69) is 15.6 Å². The highest BCUT2D eigenvalue weighted by molar-refractivity contribution is 6.19. The number of halogens is 4. The van der Waals surface area contributed by atoms with Crippen molar-refractivity contribution in [2.75, 3.05) is 11.2 Å². The van der Waals surface area contributed by atoms with Crippen molar-refractivity contribution in [3.63, 3.8) is 0 Å². The lowest BCUT2D eigenvalue weighted by molar-refractivity contribution is -0.138. The number of benzene rings is 3. The summed E-state index contributed by atoms with van der Waals surface area (Å²) in [6.07, 6.45) is -4.39. The molecular weight excluding hydrogens is 507 g/mol. The van der Waals surface area contributed by atoms with Gasteiger partial charge in [-0.2, -0.15) is 13.2 Å². The van der Waals surface area contributed by atoms with Gasteiger partial charge in [-0.25, -0.2) is 4.98 Å². The topological polar surface area (TPSA) is 84.2 Å². The Morgan fingerprint density at radius 1 is 0.892 bits per heavy atom. The van der Waals surface area contributed by atoms with Gasteiger partial charge in [0.05, 0.1) is 5.56 Å². The fourth-order valence-electron chi connectivity index (χ4n) is 3.60. The van der Waals surface area contributed by atoms with Crippen LogP contribution in [0.5, 0.6) is 0 Å². The summed E-state index contributed by atoms with van der Waals surface area (Å²) in [5, 5.41) is 5.23. The molecule has 0 spiro atoms. The number of alkyl halides is 4. The standard InChI is InChI=1S/C27H21ClF3N3O3/c28-15-14-22(35)33-20-12-10-17(11-13-20)24-23(34-26(37-24)18-6-2-1-3-7-18)25(36)32-16-19-8-4-5-9-21(19)27(29,30)31/h1-13H,14-16H2,(H,32,36)(H,33,35). The molecule has 0 aliphatic heterocycles. The highest BCUT2D eigenvalue weighted by Gasteiger charge is 2.33. The Morgan fingerprint density at radius 2 is 1.57 bits per heavy atom. The van der Waals surface area contributed by atoms with Crippen molar-refractivity contribution in [3.05, 3.63) is 95.7 Å². The van der Waals surface area contributed by atoms with Crippen molar-refractivity contribution >= 4 is 29.1 Å². The van der Waals surface area contributed by atoms with Crippen LogP contribution in [-0.4, -0.2) is 22.7 Å². The molecule has 0 saturated carbocycles. The van der Waals surface area contributed by atoms with Gasteiger partial charge < -0.3 is 15.1 Å². The number of nitrogens with zero attached hydrogens (tertiary/aromatic N) is 1. The first kappa shape index (κ1) is 26.0. The molecular formula is C27H21ClF3N3O3. The molecule has 6 nitrogen and oxygen atoms in total. The molecule has 0 aliphatic carbocycles. The lowest BCUT2D eigenvalue weighted by Gasteiger charge is -2.13. The largest absolute Gasteiger partial charge is 0.435 e. The van der Waals surface area contributed by atoms with Crippen LogP contribution >= 0.6 is 11.6 Å². The quantitative estimate of drug-likeness (QED) is 0.255. The minimum Gasteiger partial charge on any atom is -0.435 e. The molecule has 2 amide bonds. The number of aromatic nitrogens is 1. The van der Waals surface area contributed by atoms with Crippen molar-refractivity contribution in [2.24, 2.45) is 0 Å². The molecule has 10 heteroatoms. The highest BCUT2D eigenvalue weighted by Crippen LogP contribution is 2.33. The minimum atomic E-state index is -4.55. The number of anilines is 1. The molecule has 1 heterocycles. The first-order chi connectivity index (χ1) is 17.8. The summed E-state index contributed by atoms with van der Waals surface area (Å²) < 4.78 is 46.0.